The topological polar surface area (TPSA) is 260 Å². The van der Waals surface area contributed by atoms with Crippen molar-refractivity contribution in [1.29, 1.82) is 0 Å². The van der Waals surface area contributed by atoms with Crippen molar-refractivity contribution in [2.75, 3.05) is 25.3 Å². The zero-order chi connectivity index (χ0) is 55.2. The van der Waals surface area contributed by atoms with Crippen LogP contribution < -0.4 is 50.9 Å². The number of nitrogens with one attached hydrogen (secondary N) is 1. The average molecular weight is 1060 g/mol. The number of nitrogen functional groups attached to an aromatic ring is 1. The Morgan fingerprint density at radius 3 is 1.41 bits per heavy atom. The summed E-state index contributed by atoms with van der Waals surface area (Å²) >= 11 is 0. The Morgan fingerprint density at radius 2 is 1.01 bits per heavy atom. The number of nitrogens with zero attached hydrogens (tertiary/aromatic N) is 2. The van der Waals surface area contributed by atoms with Gasteiger partial charge in [-0.3, -0.25) is 24.4 Å². The number of benzene rings is 4. The van der Waals surface area contributed by atoms with E-state index < -0.39 is 65.1 Å². The molecule has 0 radical (unpaired) electrons. The van der Waals surface area contributed by atoms with Gasteiger partial charge in [-0.1, -0.05) is 13.8 Å². The summed E-state index contributed by atoms with van der Waals surface area (Å²) in [5.41, 5.74) is 16.0. The molecule has 2 saturated carbocycles. The molecule has 17 nitrogen and oxygen atoms in total. The predicted octanol–water partition coefficient (Wildman–Crippen LogP) is 10.6. The van der Waals surface area contributed by atoms with Gasteiger partial charge in [-0.25, -0.2) is 13.6 Å². The van der Waals surface area contributed by atoms with Crippen LogP contribution in [0.2, 0.25) is 0 Å². The van der Waals surface area contributed by atoms with Crippen LogP contribution in [0.5, 0.6) is 46.0 Å². The number of primary amides is 2. The number of carboxylic acid groups (broad SMARTS) is 1. The number of alkyl halides is 6. The first kappa shape index (κ1) is 55.4. The number of hydrogen-bond acceptors (Lipinski definition) is 13. The highest BCUT2D eigenvalue weighted by Gasteiger charge is 2.42. The van der Waals surface area contributed by atoms with Gasteiger partial charge in [0.05, 0.1) is 25.3 Å². The van der Waals surface area contributed by atoms with Gasteiger partial charge >= 0.3 is 18.7 Å². The lowest BCUT2D eigenvalue weighted by Gasteiger charge is -2.17. The molecule has 25 heteroatoms. The lowest BCUT2D eigenvalue weighted by molar-refractivity contribution is -0.275. The number of amides is 3. The number of rotatable bonds is 15. The normalized spacial score (nSPS) is 13.8. The number of carbonyl (C=O) groups is 4. The number of aromatic carboxylic acids is 1. The summed E-state index contributed by atoms with van der Waals surface area (Å²) in [6.45, 7) is 4.00. The highest BCUT2D eigenvalue weighted by molar-refractivity contribution is 6.06. The molecule has 2 aliphatic rings. The number of anilines is 2. The highest BCUT2D eigenvalue weighted by Crippen LogP contribution is 2.49. The van der Waals surface area contributed by atoms with Crippen LogP contribution >= 0.6 is 0 Å². The second kappa shape index (κ2) is 22.1. The molecule has 0 saturated heterocycles. The molecular weight excluding hydrogens is 1010 g/mol. The van der Waals surface area contributed by atoms with Crippen LogP contribution in [0.15, 0.2) is 97.3 Å². The van der Waals surface area contributed by atoms with Crippen molar-refractivity contribution < 1.29 is 89.3 Å². The molecule has 2 aromatic heterocycles. The molecule has 8 N–H and O–H groups in total. The van der Waals surface area contributed by atoms with Crippen LogP contribution in [0.1, 0.15) is 93.8 Å². The summed E-state index contributed by atoms with van der Waals surface area (Å²) < 4.78 is 131. The Balaban J connectivity index is 0.000000238. The third kappa shape index (κ3) is 14.6. The van der Waals surface area contributed by atoms with Gasteiger partial charge in [0.2, 0.25) is 0 Å². The fourth-order valence-electron chi connectivity index (χ4n) is 6.74. The summed E-state index contributed by atoms with van der Waals surface area (Å²) in [5, 5.41) is 11.9. The first-order chi connectivity index (χ1) is 35.1. The van der Waals surface area contributed by atoms with E-state index in [1.807, 2.05) is 13.8 Å². The van der Waals surface area contributed by atoms with E-state index >= 15 is 0 Å². The van der Waals surface area contributed by atoms with Crippen LogP contribution in [0.3, 0.4) is 0 Å². The summed E-state index contributed by atoms with van der Waals surface area (Å²) in [4.78, 5) is 55.1. The number of ether oxygens (including phenoxy) is 6. The molecule has 398 valence electrons. The number of nitrogens with two attached hydrogens (primary N) is 3. The molecular formula is C50H46F8N6O11. The van der Waals surface area contributed by atoms with Crippen LogP contribution in [0.25, 0.3) is 0 Å². The first-order valence-electron chi connectivity index (χ1n) is 21.8. The predicted molar refractivity (Wildman–Crippen MR) is 252 cm³/mol. The minimum Gasteiger partial charge on any atom is -0.493 e. The summed E-state index contributed by atoms with van der Waals surface area (Å²) in [6, 6.07) is 16.6. The lowest BCUT2D eigenvalue weighted by atomic mass is 10.0. The van der Waals surface area contributed by atoms with Crippen molar-refractivity contribution in [2.45, 2.75) is 63.1 Å². The summed E-state index contributed by atoms with van der Waals surface area (Å²) in [5.74, 6) is -6.21. The van der Waals surface area contributed by atoms with E-state index in [2.05, 4.69) is 24.8 Å². The highest BCUT2D eigenvalue weighted by atomic mass is 19.4. The molecule has 0 bridgehead atoms. The van der Waals surface area contributed by atoms with Gasteiger partial charge in [-0.05, 0) is 86.3 Å². The molecule has 6 aromatic rings. The SMILES string of the molecule is COc1cc(OC(F)(F)F)ccc1Oc1cc(C2(C)CC2)ncc1C(=O)Nc1ccc(F)c(C(N)=O)c1.COc1cc(OC(F)(F)F)ccc1Oc1cc(C2(C)CC2)ncc1C(=O)O.NC(=O)c1cc(N)ccc1F.[HH]. The van der Waals surface area contributed by atoms with E-state index in [-0.39, 0.29) is 69.1 Å². The zero-order valence-electron chi connectivity index (χ0n) is 39.7. The van der Waals surface area contributed by atoms with E-state index in [1.54, 1.807) is 6.07 Å². The van der Waals surface area contributed by atoms with E-state index in [0.29, 0.717) is 17.1 Å². The third-order valence-corrected chi connectivity index (χ3v) is 11.4. The first-order valence-corrected chi connectivity index (χ1v) is 21.8. The standard InChI is InChI=1S/C25H21F4N3O5.C18H16F3NO5.C7H7FN2O.H2/c1-24(7-8-24)21-11-19(36-18-6-4-14(10-20(18)35-2)37-25(27,28)29)16(12-31-21)23(34)32-13-3-5-17(26)15(9-13)22(30)33;1-17(5-6-17)15-8-13(11(9-22-15)16(23)24)26-12-4-3-10(7-14(12)25-2)27-18(19,20)21;8-6-2-1-4(9)3-5(6)7(10)11;/h3-6,9-12H,7-8H2,1-2H3,(H2,30,33)(H,32,34);3-4,7-9H,5-6H2,1-2H3,(H,23,24);1-3H,9H2,(H2,10,11);1H. The van der Waals surface area contributed by atoms with Gasteiger partial charge in [0.25, 0.3) is 17.7 Å². The number of carbonyl (C=O) groups excluding carboxylic acids is 3. The average Bonchev–Trinajstić information content (AvgIpc) is 4.28. The number of hydrogen-bond donors (Lipinski definition) is 5. The van der Waals surface area contributed by atoms with E-state index in [9.17, 15) is 59.4 Å². The summed E-state index contributed by atoms with van der Waals surface area (Å²) in [7, 11) is 2.49. The number of pyridine rings is 2. The van der Waals surface area contributed by atoms with Crippen LogP contribution in [0.4, 0.5) is 46.5 Å². The van der Waals surface area contributed by atoms with Crippen molar-refractivity contribution in [2.24, 2.45) is 11.5 Å². The molecule has 2 heterocycles. The third-order valence-electron chi connectivity index (χ3n) is 11.4. The van der Waals surface area contributed by atoms with Crippen molar-refractivity contribution in [1.82, 2.24) is 9.97 Å². The molecule has 2 aliphatic carbocycles. The summed E-state index contributed by atoms with van der Waals surface area (Å²) in [6.07, 6.45) is -3.61. The van der Waals surface area contributed by atoms with Gasteiger partial charge < -0.3 is 56.0 Å². The fraction of sp³-hybridized carbons (Fsp3) is 0.240. The second-order valence-electron chi connectivity index (χ2n) is 17.1. The van der Waals surface area contributed by atoms with E-state index in [4.69, 9.17) is 36.1 Å². The number of aromatic nitrogens is 2. The van der Waals surface area contributed by atoms with Gasteiger partial charge in [-0.15, -0.1) is 26.3 Å². The molecule has 0 spiro atoms. The van der Waals surface area contributed by atoms with Gasteiger partial charge in [0, 0.05) is 71.7 Å². The molecule has 75 heavy (non-hydrogen) atoms. The Labute approximate surface area is 421 Å². The molecule has 8 rings (SSSR count). The second-order valence-corrected chi connectivity index (χ2v) is 17.1. The lowest BCUT2D eigenvalue weighted by Crippen LogP contribution is -2.17. The smallest absolute Gasteiger partial charge is 0.493 e. The maximum atomic E-state index is 13.8. The number of methoxy groups -OCH3 is 2. The monoisotopic (exact) mass is 1060 g/mol. The van der Waals surface area contributed by atoms with Crippen LogP contribution in [-0.4, -0.2) is 65.7 Å². The van der Waals surface area contributed by atoms with Crippen molar-refractivity contribution >= 4 is 35.1 Å². The minimum atomic E-state index is -4.90. The molecule has 2 fully saturated rings. The Bertz CT molecular complexity index is 3160. The Kier molecular flexibility index (Phi) is 16.3. The molecule has 0 atom stereocenters. The Morgan fingerprint density at radius 1 is 0.587 bits per heavy atom. The zero-order valence-corrected chi connectivity index (χ0v) is 39.7. The molecule has 4 aromatic carbocycles. The Hall–Kier alpha value is -8.90. The number of halogens is 8. The van der Waals surface area contributed by atoms with Crippen LogP contribution in [-0.2, 0) is 10.8 Å². The maximum Gasteiger partial charge on any atom is 0.573 e. The van der Waals surface area contributed by atoms with Crippen molar-refractivity contribution in [3.05, 3.63) is 143 Å². The minimum absolute atomic E-state index is 0. The van der Waals surface area contributed by atoms with Crippen LogP contribution in [0, 0.1) is 11.6 Å². The quantitative estimate of drug-likeness (QED) is 0.0473. The van der Waals surface area contributed by atoms with Crippen molar-refractivity contribution in [3.63, 3.8) is 0 Å². The van der Waals surface area contributed by atoms with Gasteiger partial charge in [0.1, 0.15) is 45.8 Å². The maximum absolute atomic E-state index is 13.8. The molecule has 3 amide bonds. The molecule has 0 aliphatic heterocycles. The fourth-order valence-corrected chi connectivity index (χ4v) is 6.74. The number of carboxylic acids is 1. The van der Waals surface area contributed by atoms with Gasteiger partial charge in [0.15, 0.2) is 23.0 Å². The van der Waals surface area contributed by atoms with Gasteiger partial charge in [-0.2, -0.15) is 0 Å². The van der Waals surface area contributed by atoms with E-state index in [0.717, 1.165) is 68.1 Å². The largest absolute Gasteiger partial charge is 0.573 e. The molecule has 0 unspecified atom stereocenters. The van der Waals surface area contributed by atoms with Crippen molar-refractivity contribution in [3.8, 4) is 46.0 Å². The van der Waals surface area contributed by atoms with E-state index in [1.165, 1.54) is 63.0 Å².